The van der Waals surface area contributed by atoms with E-state index in [0.29, 0.717) is 72.0 Å². The number of H-pyrrole nitrogens is 1. The topological polar surface area (TPSA) is 217 Å². The number of aliphatic imine (C=N–C) groups is 3. The van der Waals surface area contributed by atoms with Crippen LogP contribution in [0.5, 0.6) is 0 Å². The molecule has 20 unspecified atom stereocenters. The molecule has 11 heterocycles. The maximum Gasteiger partial charge on any atom is 0.305 e. The minimum absolute atomic E-state index is 0.0340. The van der Waals surface area contributed by atoms with Gasteiger partial charge in [-0.25, -0.2) is 15.0 Å². The monoisotopic (exact) mass is 1280 g/mol. The summed E-state index contributed by atoms with van der Waals surface area (Å²) < 4.78 is 10.5. The maximum atomic E-state index is 13.1. The Bertz CT molecular complexity index is 3520. The molecular formula is C76H108N14O4. The number of aromatic nitrogens is 1. The van der Waals surface area contributed by atoms with Gasteiger partial charge in [-0.2, -0.15) is 0 Å². The SMILES string of the molecule is COC(=O)CCC1=C2C=CC(=N2)C(=C2NC=CN2C)c2ccc([nH]2)C(CCC(=O)OC)=C2C=CC(=N2)C(C2CCC3C4NC5NC(NC6NC(NC7NC(NC(N4)C3C2)C2CCC(C(C)(C)C)CC72)C2CC(C(C)(C)C)CCC62)C2CC(C(C)(C)C)CCC52)=C2C=CC1=N2. The molecule has 10 aliphatic heterocycles. The van der Waals surface area contributed by atoms with Crippen molar-refractivity contribution in [2.75, 3.05) is 21.3 Å². The number of hydrogen-bond donors (Lipinski definition) is 10. The summed E-state index contributed by atoms with van der Waals surface area (Å²) in [5, 5.41) is 39.1. The second kappa shape index (κ2) is 25.1. The van der Waals surface area contributed by atoms with Gasteiger partial charge in [0.2, 0.25) is 0 Å². The lowest BCUT2D eigenvalue weighted by molar-refractivity contribution is -0.141. The van der Waals surface area contributed by atoms with Crippen LogP contribution in [0.15, 0.2) is 110 Å². The molecule has 18 heteroatoms. The number of hydrogen-bond acceptors (Lipinski definition) is 17. The van der Waals surface area contributed by atoms with Crippen molar-refractivity contribution in [1.82, 2.24) is 57.7 Å². The van der Waals surface area contributed by atoms with Crippen LogP contribution < -0.4 is 47.9 Å². The van der Waals surface area contributed by atoms with Crippen LogP contribution in [-0.2, 0) is 19.1 Å². The van der Waals surface area contributed by atoms with Crippen LogP contribution in [0.2, 0.25) is 0 Å². The number of ether oxygens (including phenoxy) is 2. The molecule has 15 rings (SSSR count). The first-order valence-corrected chi connectivity index (χ1v) is 36.4. The number of aromatic amines is 1. The summed E-state index contributed by atoms with van der Waals surface area (Å²) >= 11 is 0. The van der Waals surface area contributed by atoms with Gasteiger partial charge >= 0.3 is 11.9 Å². The van der Waals surface area contributed by atoms with E-state index in [1.54, 1.807) is 0 Å². The van der Waals surface area contributed by atoms with Crippen LogP contribution >= 0.6 is 0 Å². The number of nitrogens with zero attached hydrogens (tertiary/aromatic N) is 4. The molecule has 5 saturated heterocycles. The molecule has 14 aliphatic rings. The number of nitrogens with one attached hydrogen (secondary N) is 10. The van der Waals surface area contributed by atoms with Crippen molar-refractivity contribution < 1.29 is 19.1 Å². The van der Waals surface area contributed by atoms with Crippen molar-refractivity contribution in [1.29, 1.82) is 0 Å². The molecule has 0 spiro atoms. The number of esters is 2. The molecule has 1 aromatic heterocycles. The lowest BCUT2D eigenvalue weighted by Gasteiger charge is -2.43. The molecule has 9 fully saturated rings. The van der Waals surface area contributed by atoms with E-state index in [0.717, 1.165) is 93.0 Å². The van der Waals surface area contributed by atoms with Crippen LogP contribution in [-0.4, -0.2) is 110 Å². The molecule has 0 amide bonds. The second-order valence-electron chi connectivity index (χ2n) is 33.9. The number of methoxy groups -OCH3 is 2. The predicted octanol–water partition coefficient (Wildman–Crippen LogP) is 10.5. The third-order valence-electron chi connectivity index (χ3n) is 25.9. The zero-order valence-electron chi connectivity index (χ0n) is 58.1. The normalized spacial score (nSPS) is 39.1. The van der Waals surface area contributed by atoms with Gasteiger partial charge < -0.3 is 24.7 Å². The Morgan fingerprint density at radius 2 is 0.862 bits per heavy atom. The Hall–Kier alpha value is -5.57. The van der Waals surface area contributed by atoms with Crippen molar-refractivity contribution in [2.45, 2.75) is 214 Å². The fourth-order valence-electron chi connectivity index (χ4n) is 20.4. The van der Waals surface area contributed by atoms with E-state index >= 15 is 0 Å². The molecule has 10 N–H and O–H groups in total. The number of carbonyl (C=O) groups excluding carboxylic acids is 2. The molecule has 0 radical (unpaired) electrons. The largest absolute Gasteiger partial charge is 0.469 e. The van der Waals surface area contributed by atoms with Crippen LogP contribution in [0.4, 0.5) is 0 Å². The summed E-state index contributed by atoms with van der Waals surface area (Å²) in [6.07, 6.45) is 33.2. The molecule has 20 atom stereocenters. The first-order valence-electron chi connectivity index (χ1n) is 36.4. The number of fused-ring (bicyclic) bond motifs is 25. The average molecular weight is 1280 g/mol. The molecule has 1 aromatic rings. The van der Waals surface area contributed by atoms with Crippen molar-refractivity contribution in [2.24, 2.45) is 102 Å². The highest BCUT2D eigenvalue weighted by atomic mass is 16.5. The van der Waals surface area contributed by atoms with E-state index in [1.807, 2.05) is 19.4 Å². The molecule has 506 valence electrons. The molecule has 4 aliphatic carbocycles. The predicted molar refractivity (Wildman–Crippen MR) is 372 cm³/mol. The van der Waals surface area contributed by atoms with Crippen molar-refractivity contribution in [3.05, 3.63) is 106 Å². The standard InChI is InChI=1S/C76H108N14O4/c1-74(2,3)40-14-18-44-50(36-40)70-85-66(44)82-65-43-17-13-39(35-49(43)69(83-65)84-67-45-19-15-41(75(4,5)6)37-51(45)71(87-67)89-72-52-38-42(76(7,8)9)16-20-46(52)68(86-70)88-72)63-57-27-23-53(78-57)47(21-31-61(91)93-11)55-25-29-59(80-55)64(73-77-33-34-90(73)10)60-30-26-56(81-60)48(22-32-62(92)94-12)54-24-28-58(63)79-54/h23-30,33-34,39-46,49-52,65-72,77,80,82-89H,13-22,31-32,35-38H2,1-12H3. The van der Waals surface area contributed by atoms with Gasteiger partial charge in [-0.05, 0) is 226 Å². The van der Waals surface area contributed by atoms with Gasteiger partial charge in [0.25, 0.3) is 0 Å². The van der Waals surface area contributed by atoms with Gasteiger partial charge in [-0.1, -0.05) is 62.3 Å². The molecule has 4 saturated carbocycles. The summed E-state index contributed by atoms with van der Waals surface area (Å²) in [5.41, 5.74) is 11.2. The van der Waals surface area contributed by atoms with Gasteiger partial charge in [0, 0.05) is 54.7 Å². The highest BCUT2D eigenvalue weighted by Gasteiger charge is 2.58. The highest BCUT2D eigenvalue weighted by Crippen LogP contribution is 2.54. The van der Waals surface area contributed by atoms with E-state index in [4.69, 9.17) is 24.5 Å². The minimum Gasteiger partial charge on any atom is -0.469 e. The van der Waals surface area contributed by atoms with Crippen LogP contribution in [0.1, 0.15) is 176 Å². The summed E-state index contributed by atoms with van der Waals surface area (Å²) in [4.78, 5) is 48.7. The van der Waals surface area contributed by atoms with Crippen molar-refractivity contribution in [3.63, 3.8) is 0 Å². The number of carbonyl (C=O) groups is 2. The first-order chi connectivity index (χ1) is 45.0. The molecule has 16 bridgehead atoms. The van der Waals surface area contributed by atoms with Gasteiger partial charge in [0.1, 0.15) is 5.82 Å². The van der Waals surface area contributed by atoms with Gasteiger partial charge in [0.05, 0.1) is 109 Å². The maximum absolute atomic E-state index is 13.1. The van der Waals surface area contributed by atoms with E-state index in [9.17, 15) is 9.59 Å². The summed E-state index contributed by atoms with van der Waals surface area (Å²) in [5.74, 6) is 6.18. The summed E-state index contributed by atoms with van der Waals surface area (Å²) in [6, 6.07) is 4.20. The molecule has 0 aromatic carbocycles. The molecular weight excluding hydrogens is 1170 g/mol. The third-order valence-corrected chi connectivity index (χ3v) is 25.9. The van der Waals surface area contributed by atoms with Crippen LogP contribution in [0.25, 0.3) is 11.1 Å². The van der Waals surface area contributed by atoms with Crippen LogP contribution in [0.3, 0.4) is 0 Å². The van der Waals surface area contributed by atoms with Gasteiger partial charge in [0.15, 0.2) is 0 Å². The van der Waals surface area contributed by atoms with E-state index < -0.39 is 0 Å². The highest BCUT2D eigenvalue weighted by molar-refractivity contribution is 6.31. The Morgan fingerprint density at radius 3 is 1.33 bits per heavy atom. The van der Waals surface area contributed by atoms with Crippen LogP contribution in [0, 0.1) is 87.3 Å². The van der Waals surface area contributed by atoms with E-state index in [2.05, 4.69) is 169 Å². The Balaban J connectivity index is 0.822. The van der Waals surface area contributed by atoms with Gasteiger partial charge in [-0.3, -0.25) is 52.1 Å². The van der Waals surface area contributed by atoms with Crippen molar-refractivity contribution in [3.8, 4) is 0 Å². The second-order valence-corrected chi connectivity index (χ2v) is 33.9. The minimum atomic E-state index is -0.282. The zero-order chi connectivity index (χ0) is 65.3. The van der Waals surface area contributed by atoms with E-state index in [-0.39, 0.29) is 102 Å². The Labute approximate surface area is 558 Å². The zero-order valence-corrected chi connectivity index (χ0v) is 58.1. The van der Waals surface area contributed by atoms with E-state index in [1.165, 1.54) is 72.0 Å². The summed E-state index contributed by atoms with van der Waals surface area (Å²) in [6.45, 7) is 22.3. The lowest BCUT2D eigenvalue weighted by Crippen LogP contribution is -2.61. The quantitative estimate of drug-likeness (QED) is 0.115. The molecule has 94 heavy (non-hydrogen) atoms. The average Bonchev–Trinajstić information content (AvgIpc) is 1.59. The number of allylic oxidation sites excluding steroid dienone is 10. The summed E-state index contributed by atoms with van der Waals surface area (Å²) in [7, 11) is 4.92. The lowest BCUT2D eigenvalue weighted by atomic mass is 9.64. The number of rotatable bonds is 7. The fraction of sp³-hybridized carbons (Fsp3) is 0.671. The third kappa shape index (κ3) is 12.1. The fourth-order valence-corrected chi connectivity index (χ4v) is 20.4. The molecule has 18 nitrogen and oxygen atoms in total. The Kier molecular flexibility index (Phi) is 17.2. The smallest absolute Gasteiger partial charge is 0.305 e. The Morgan fingerprint density at radius 1 is 0.468 bits per heavy atom. The van der Waals surface area contributed by atoms with Crippen molar-refractivity contribution >= 4 is 40.2 Å². The van der Waals surface area contributed by atoms with Gasteiger partial charge in [-0.15, -0.1) is 0 Å². The first kappa shape index (κ1) is 64.4.